The van der Waals surface area contributed by atoms with Crippen molar-refractivity contribution in [1.82, 2.24) is 5.32 Å². The van der Waals surface area contributed by atoms with Crippen molar-refractivity contribution in [1.29, 1.82) is 0 Å². The maximum Gasteiger partial charge on any atom is 0.302 e. The first kappa shape index (κ1) is 33.0. The summed E-state index contributed by atoms with van der Waals surface area (Å²) in [4.78, 5) is 26.7. The summed E-state index contributed by atoms with van der Waals surface area (Å²) >= 11 is 0. The molecule has 5 fully saturated rings. The second-order valence-electron chi connectivity index (χ2n) is 17.9. The Labute approximate surface area is 283 Å². The molecule has 1 N–H and O–H groups in total. The molecule has 6 heteroatoms. The summed E-state index contributed by atoms with van der Waals surface area (Å²) in [5.41, 5.74) is 2.44. The third-order valence-electron chi connectivity index (χ3n) is 15.9. The van der Waals surface area contributed by atoms with Gasteiger partial charge in [-0.15, -0.1) is 0 Å². The van der Waals surface area contributed by atoms with Gasteiger partial charge in [0.25, 0.3) is 0 Å². The molecule has 1 aromatic rings. The van der Waals surface area contributed by atoms with Crippen LogP contribution in [0.4, 0.5) is 0 Å². The van der Waals surface area contributed by atoms with Crippen LogP contribution in [0.1, 0.15) is 118 Å². The summed E-state index contributed by atoms with van der Waals surface area (Å²) in [5.74, 6) is 4.00. The van der Waals surface area contributed by atoms with E-state index in [4.69, 9.17) is 14.2 Å². The van der Waals surface area contributed by atoms with Gasteiger partial charge in [0, 0.05) is 24.4 Å². The molecule has 0 bridgehead atoms. The Hall–Kier alpha value is -2.50. The highest BCUT2D eigenvalue weighted by molar-refractivity contribution is 5.84. The molecule has 7 rings (SSSR count). The number of rotatable bonds is 5. The molecule has 1 heterocycles. The van der Waals surface area contributed by atoms with Crippen LogP contribution in [0.15, 0.2) is 30.4 Å². The Morgan fingerprint density at radius 2 is 1.64 bits per heavy atom. The lowest BCUT2D eigenvalue weighted by atomic mass is 9.32. The fourth-order valence-corrected chi connectivity index (χ4v) is 13.5. The Morgan fingerprint density at radius 1 is 0.872 bits per heavy atom. The predicted molar refractivity (Wildman–Crippen MR) is 184 cm³/mol. The number of nitrogens with one attached hydrogen (secondary N) is 1. The van der Waals surface area contributed by atoms with Crippen molar-refractivity contribution in [3.05, 3.63) is 35.9 Å². The summed E-state index contributed by atoms with van der Waals surface area (Å²) in [6.45, 7) is 22.5. The van der Waals surface area contributed by atoms with Gasteiger partial charge in [0.15, 0.2) is 11.5 Å². The molecule has 0 aromatic heterocycles. The van der Waals surface area contributed by atoms with Crippen LogP contribution in [-0.2, 0) is 20.9 Å². The van der Waals surface area contributed by atoms with E-state index >= 15 is 0 Å². The van der Waals surface area contributed by atoms with Gasteiger partial charge in [0.05, 0.1) is 5.41 Å². The van der Waals surface area contributed by atoms with Crippen LogP contribution in [0.5, 0.6) is 11.5 Å². The quantitative estimate of drug-likeness (QED) is 0.256. The van der Waals surface area contributed by atoms with Gasteiger partial charge in [-0.05, 0) is 123 Å². The SMILES string of the molecule is C=C(C)[C@@H]1CC[C@]2(C(=O)NCc3cccc4c3OCCO4)CC[C@]3(C)[C@H](CCC4[C@@]5(C)CC[C@H](OC(C)=O)C(C)(C)C5CC[C@]43C)C12. The first-order valence-corrected chi connectivity index (χ1v) is 18.7. The Morgan fingerprint density at radius 3 is 2.38 bits per heavy atom. The monoisotopic (exact) mass is 645 g/mol. The highest BCUT2D eigenvalue weighted by atomic mass is 16.6. The number of fused-ring (bicyclic) bond motifs is 8. The number of hydrogen-bond acceptors (Lipinski definition) is 5. The molecular weight excluding hydrogens is 586 g/mol. The smallest absolute Gasteiger partial charge is 0.302 e. The average molecular weight is 646 g/mol. The second kappa shape index (κ2) is 11.3. The third-order valence-corrected chi connectivity index (χ3v) is 15.9. The molecule has 5 saturated carbocycles. The van der Waals surface area contributed by atoms with Crippen molar-refractivity contribution < 1.29 is 23.8 Å². The zero-order valence-electron chi connectivity index (χ0n) is 30.1. The van der Waals surface area contributed by atoms with E-state index in [0.29, 0.717) is 49.3 Å². The van der Waals surface area contributed by atoms with Crippen LogP contribution >= 0.6 is 0 Å². The van der Waals surface area contributed by atoms with Crippen molar-refractivity contribution in [3.8, 4) is 11.5 Å². The Balaban J connectivity index is 1.18. The molecule has 47 heavy (non-hydrogen) atoms. The molecule has 258 valence electrons. The Bertz CT molecular complexity index is 1450. The van der Waals surface area contributed by atoms with Gasteiger partial charge in [-0.1, -0.05) is 58.9 Å². The van der Waals surface area contributed by atoms with Crippen molar-refractivity contribution in [3.63, 3.8) is 0 Å². The van der Waals surface area contributed by atoms with Gasteiger partial charge in [0.2, 0.25) is 5.91 Å². The van der Waals surface area contributed by atoms with Gasteiger partial charge in [-0.3, -0.25) is 9.59 Å². The van der Waals surface area contributed by atoms with E-state index < -0.39 is 0 Å². The number of carbonyl (C=O) groups excluding carboxylic acids is 2. The minimum atomic E-state index is -0.353. The number of hydrogen-bond donors (Lipinski definition) is 1. The molecule has 10 atom stereocenters. The van der Waals surface area contributed by atoms with Gasteiger partial charge >= 0.3 is 5.97 Å². The summed E-state index contributed by atoms with van der Waals surface area (Å²) in [6.07, 6.45) is 11.0. The average Bonchev–Trinajstić information content (AvgIpc) is 3.43. The molecule has 6 aliphatic rings. The molecular formula is C41H59NO5. The van der Waals surface area contributed by atoms with E-state index in [2.05, 4.69) is 53.4 Å². The molecule has 1 amide bonds. The summed E-state index contributed by atoms with van der Waals surface area (Å²) in [6, 6.07) is 5.99. The summed E-state index contributed by atoms with van der Waals surface area (Å²) in [7, 11) is 0. The highest BCUT2D eigenvalue weighted by Gasteiger charge is 2.72. The lowest BCUT2D eigenvalue weighted by Crippen LogP contribution is -2.67. The summed E-state index contributed by atoms with van der Waals surface area (Å²) < 4.78 is 17.8. The van der Waals surface area contributed by atoms with Crippen molar-refractivity contribution in [2.24, 2.45) is 56.7 Å². The van der Waals surface area contributed by atoms with Crippen LogP contribution in [0.25, 0.3) is 0 Å². The third kappa shape index (κ3) is 4.68. The minimum Gasteiger partial charge on any atom is -0.486 e. The van der Waals surface area contributed by atoms with E-state index in [-0.39, 0.29) is 45.1 Å². The van der Waals surface area contributed by atoms with Crippen molar-refractivity contribution in [2.75, 3.05) is 13.2 Å². The fraction of sp³-hybridized carbons (Fsp3) is 0.756. The number of benzene rings is 1. The molecule has 0 spiro atoms. The molecule has 1 aromatic carbocycles. The molecule has 0 saturated heterocycles. The second-order valence-corrected chi connectivity index (χ2v) is 17.9. The maximum atomic E-state index is 14.6. The predicted octanol–water partition coefficient (Wildman–Crippen LogP) is 8.66. The summed E-state index contributed by atoms with van der Waals surface area (Å²) in [5, 5.41) is 3.44. The minimum absolute atomic E-state index is 0.00143. The van der Waals surface area contributed by atoms with Crippen LogP contribution in [0.2, 0.25) is 0 Å². The van der Waals surface area contributed by atoms with E-state index in [1.807, 2.05) is 18.2 Å². The zero-order valence-corrected chi connectivity index (χ0v) is 30.1. The normalized spacial score (nSPS) is 43.0. The van der Waals surface area contributed by atoms with Crippen LogP contribution in [0.3, 0.4) is 0 Å². The maximum absolute atomic E-state index is 14.6. The van der Waals surface area contributed by atoms with Gasteiger partial charge in [-0.2, -0.15) is 0 Å². The number of amides is 1. The first-order valence-electron chi connectivity index (χ1n) is 18.7. The van der Waals surface area contributed by atoms with E-state index in [9.17, 15) is 9.59 Å². The topological polar surface area (TPSA) is 73.9 Å². The molecule has 5 aliphatic carbocycles. The zero-order chi connectivity index (χ0) is 33.6. The van der Waals surface area contributed by atoms with Gasteiger partial charge < -0.3 is 19.5 Å². The van der Waals surface area contributed by atoms with Crippen molar-refractivity contribution in [2.45, 2.75) is 125 Å². The lowest BCUT2D eigenvalue weighted by Gasteiger charge is -2.72. The van der Waals surface area contributed by atoms with Gasteiger partial charge in [-0.25, -0.2) is 0 Å². The van der Waals surface area contributed by atoms with Crippen LogP contribution in [-0.4, -0.2) is 31.2 Å². The van der Waals surface area contributed by atoms with E-state index in [0.717, 1.165) is 55.6 Å². The number of esters is 1. The van der Waals surface area contributed by atoms with E-state index in [1.54, 1.807) is 6.92 Å². The van der Waals surface area contributed by atoms with E-state index in [1.165, 1.54) is 31.3 Å². The molecule has 1 aliphatic heterocycles. The van der Waals surface area contributed by atoms with Crippen LogP contribution < -0.4 is 14.8 Å². The molecule has 6 nitrogen and oxygen atoms in total. The largest absolute Gasteiger partial charge is 0.486 e. The molecule has 3 unspecified atom stereocenters. The number of allylic oxidation sites excluding steroid dienone is 1. The highest BCUT2D eigenvalue weighted by Crippen LogP contribution is 2.77. The van der Waals surface area contributed by atoms with Crippen LogP contribution in [0, 0.1) is 56.7 Å². The standard InChI is InChI=1S/C41H59NO5/c1-25(2)28-14-19-41(36(44)42-24-27-10-9-11-30-35(27)46-23-22-45-30)21-20-39(7)29(34(28)41)12-13-32-38(6)17-16-33(47-26(3)43)37(4,5)31(38)15-18-40(32,39)8/h9-11,28-29,31-34H,1,12-24H2,2-8H3,(H,42,44)/t28-,29+,31?,32?,33-,34?,38-,39+,40+,41-/m0/s1. The number of carbonyl (C=O) groups is 2. The first-order chi connectivity index (χ1) is 22.2. The molecule has 0 radical (unpaired) electrons. The lowest BCUT2D eigenvalue weighted by molar-refractivity contribution is -0.248. The fourth-order valence-electron chi connectivity index (χ4n) is 13.5. The Kier molecular flexibility index (Phi) is 7.92. The van der Waals surface area contributed by atoms with Gasteiger partial charge in [0.1, 0.15) is 19.3 Å². The number of para-hydroxylation sites is 1. The van der Waals surface area contributed by atoms with Crippen molar-refractivity contribution >= 4 is 11.9 Å². The number of ether oxygens (including phenoxy) is 3.